The van der Waals surface area contributed by atoms with Crippen LogP contribution >= 0.6 is 11.3 Å². The largest absolute Gasteiger partial charge is 0.464 e. The Morgan fingerprint density at radius 2 is 2.12 bits per heavy atom. The molecular formula is C10H14N2O4S. The maximum atomic E-state index is 11.5. The number of hydrogen-bond acceptors (Lipinski definition) is 7. The summed E-state index contributed by atoms with van der Waals surface area (Å²) in [6.45, 7) is 2.33. The number of thiazole rings is 1. The van der Waals surface area contributed by atoms with Gasteiger partial charge in [-0.25, -0.2) is 14.6 Å². The molecule has 0 amide bonds. The molecule has 2 N–H and O–H groups in total. The summed E-state index contributed by atoms with van der Waals surface area (Å²) in [6.07, 6.45) is 1.72. The van der Waals surface area contributed by atoms with E-state index >= 15 is 0 Å². The molecule has 0 atom stereocenters. The number of nitrogens with zero attached hydrogens (tertiary/aromatic N) is 1. The first-order chi connectivity index (χ1) is 8.10. The normalized spacial score (nSPS) is 10.0. The molecule has 7 heteroatoms. The average molecular weight is 258 g/mol. The van der Waals surface area contributed by atoms with Gasteiger partial charge in [-0.05, 0) is 6.42 Å². The number of hydrogen-bond donors (Lipinski definition) is 1. The van der Waals surface area contributed by atoms with E-state index in [-0.39, 0.29) is 15.7 Å². The molecular weight excluding hydrogens is 244 g/mol. The van der Waals surface area contributed by atoms with Crippen molar-refractivity contribution in [3.63, 3.8) is 0 Å². The van der Waals surface area contributed by atoms with Crippen molar-refractivity contribution in [2.45, 2.75) is 19.8 Å². The summed E-state index contributed by atoms with van der Waals surface area (Å²) < 4.78 is 9.43. The topological polar surface area (TPSA) is 91.5 Å². The van der Waals surface area contributed by atoms with Gasteiger partial charge in [0.25, 0.3) is 0 Å². The van der Waals surface area contributed by atoms with Crippen LogP contribution < -0.4 is 5.73 Å². The molecule has 1 heterocycles. The number of anilines is 1. The summed E-state index contributed by atoms with van der Waals surface area (Å²) in [6, 6.07) is 0. The molecule has 0 aliphatic rings. The molecule has 1 aromatic heterocycles. The van der Waals surface area contributed by atoms with Crippen LogP contribution in [0.15, 0.2) is 0 Å². The fraction of sp³-hybridized carbons (Fsp3) is 0.500. The fourth-order valence-electron chi connectivity index (χ4n) is 1.03. The van der Waals surface area contributed by atoms with Crippen LogP contribution in [0, 0.1) is 0 Å². The molecule has 0 aliphatic heterocycles. The molecule has 0 unspecified atom stereocenters. The van der Waals surface area contributed by atoms with E-state index in [9.17, 15) is 9.59 Å². The van der Waals surface area contributed by atoms with Gasteiger partial charge in [0.15, 0.2) is 5.69 Å². The Hall–Kier alpha value is -1.63. The number of rotatable bonds is 5. The van der Waals surface area contributed by atoms with Crippen LogP contribution in [0.1, 0.15) is 40.1 Å². The lowest BCUT2D eigenvalue weighted by Gasteiger charge is -1.99. The molecule has 0 bridgehead atoms. The van der Waals surface area contributed by atoms with Crippen LogP contribution in [0.3, 0.4) is 0 Å². The standard InChI is InChI=1S/C10H14N2O4S/c1-3-4-5-16-10(14)8-12-6(7(11)17-8)9(13)15-2/h3-5,11H2,1-2H3. The first kappa shape index (κ1) is 13.4. The lowest BCUT2D eigenvalue weighted by molar-refractivity contribution is 0.0499. The minimum Gasteiger partial charge on any atom is -0.464 e. The minimum atomic E-state index is -0.661. The molecule has 94 valence electrons. The van der Waals surface area contributed by atoms with Crippen molar-refractivity contribution in [3.05, 3.63) is 10.7 Å². The van der Waals surface area contributed by atoms with Crippen LogP contribution in [-0.2, 0) is 9.47 Å². The highest BCUT2D eigenvalue weighted by Gasteiger charge is 2.21. The smallest absolute Gasteiger partial charge is 0.367 e. The van der Waals surface area contributed by atoms with E-state index in [0.717, 1.165) is 24.2 Å². The number of carbonyl (C=O) groups excluding carboxylic acids is 2. The van der Waals surface area contributed by atoms with Gasteiger partial charge in [-0.1, -0.05) is 24.7 Å². The zero-order chi connectivity index (χ0) is 12.8. The van der Waals surface area contributed by atoms with Crippen molar-refractivity contribution in [2.75, 3.05) is 19.5 Å². The Labute approximate surface area is 103 Å². The van der Waals surface area contributed by atoms with Gasteiger partial charge in [-0.3, -0.25) is 0 Å². The molecule has 0 fully saturated rings. The van der Waals surface area contributed by atoms with Crippen molar-refractivity contribution in [2.24, 2.45) is 0 Å². The number of methoxy groups -OCH3 is 1. The molecule has 1 rings (SSSR count). The second kappa shape index (κ2) is 6.19. The van der Waals surface area contributed by atoms with E-state index in [2.05, 4.69) is 9.72 Å². The van der Waals surface area contributed by atoms with Gasteiger partial charge in [-0.2, -0.15) is 0 Å². The van der Waals surface area contributed by atoms with E-state index in [4.69, 9.17) is 10.5 Å². The third-order valence-electron chi connectivity index (χ3n) is 1.94. The summed E-state index contributed by atoms with van der Waals surface area (Å²) in [4.78, 5) is 26.5. The summed E-state index contributed by atoms with van der Waals surface area (Å²) in [5.74, 6) is -1.23. The number of nitrogens with two attached hydrogens (primary N) is 1. The van der Waals surface area contributed by atoms with Gasteiger partial charge in [0.05, 0.1) is 13.7 Å². The molecule has 17 heavy (non-hydrogen) atoms. The van der Waals surface area contributed by atoms with E-state index < -0.39 is 11.9 Å². The highest BCUT2D eigenvalue weighted by Crippen LogP contribution is 2.22. The highest BCUT2D eigenvalue weighted by atomic mass is 32.1. The SMILES string of the molecule is CCCCOC(=O)c1nc(C(=O)OC)c(N)s1. The number of ether oxygens (including phenoxy) is 2. The Balaban J connectivity index is 2.72. The quantitative estimate of drug-likeness (QED) is 0.635. The first-order valence-corrected chi connectivity index (χ1v) is 5.93. The Kier molecular flexibility index (Phi) is 4.89. The summed E-state index contributed by atoms with van der Waals surface area (Å²) in [5.41, 5.74) is 5.52. The van der Waals surface area contributed by atoms with Crippen LogP contribution in [-0.4, -0.2) is 30.6 Å². The van der Waals surface area contributed by atoms with E-state index in [1.165, 1.54) is 7.11 Å². The number of nitrogen functional groups attached to an aromatic ring is 1. The third-order valence-corrected chi connectivity index (χ3v) is 2.80. The molecule has 0 radical (unpaired) electrons. The predicted octanol–water partition coefficient (Wildman–Crippen LogP) is 1.47. The van der Waals surface area contributed by atoms with Crippen LogP contribution in [0.4, 0.5) is 5.00 Å². The van der Waals surface area contributed by atoms with Gasteiger partial charge in [0.2, 0.25) is 5.01 Å². The van der Waals surface area contributed by atoms with E-state index in [0.29, 0.717) is 6.61 Å². The summed E-state index contributed by atoms with van der Waals surface area (Å²) >= 11 is 0.915. The fourth-order valence-corrected chi connectivity index (χ4v) is 1.75. The van der Waals surface area contributed by atoms with Gasteiger partial charge in [-0.15, -0.1) is 0 Å². The minimum absolute atomic E-state index is 0.0417. The Morgan fingerprint density at radius 3 is 2.71 bits per heavy atom. The molecule has 0 aliphatic carbocycles. The molecule has 0 saturated heterocycles. The molecule has 0 spiro atoms. The van der Waals surface area contributed by atoms with Gasteiger partial charge in [0.1, 0.15) is 5.00 Å². The molecule has 0 saturated carbocycles. The molecule has 0 aromatic carbocycles. The molecule has 6 nitrogen and oxygen atoms in total. The van der Waals surface area contributed by atoms with Gasteiger partial charge in [0, 0.05) is 0 Å². The summed E-state index contributed by atoms with van der Waals surface area (Å²) in [7, 11) is 1.22. The van der Waals surface area contributed by atoms with Crippen molar-refractivity contribution in [1.29, 1.82) is 0 Å². The maximum absolute atomic E-state index is 11.5. The van der Waals surface area contributed by atoms with Crippen LogP contribution in [0.5, 0.6) is 0 Å². The third kappa shape index (κ3) is 3.42. The number of aromatic nitrogens is 1. The Morgan fingerprint density at radius 1 is 1.41 bits per heavy atom. The highest BCUT2D eigenvalue weighted by molar-refractivity contribution is 7.17. The molecule has 1 aromatic rings. The van der Waals surface area contributed by atoms with Gasteiger partial charge >= 0.3 is 11.9 Å². The zero-order valence-corrected chi connectivity index (χ0v) is 10.5. The van der Waals surface area contributed by atoms with E-state index in [1.807, 2.05) is 6.92 Å². The zero-order valence-electron chi connectivity index (χ0n) is 9.69. The number of unbranched alkanes of at least 4 members (excludes halogenated alkanes) is 1. The predicted molar refractivity (Wildman–Crippen MR) is 63.1 cm³/mol. The number of carbonyl (C=O) groups is 2. The van der Waals surface area contributed by atoms with Crippen molar-refractivity contribution < 1.29 is 19.1 Å². The number of esters is 2. The maximum Gasteiger partial charge on any atom is 0.367 e. The lowest BCUT2D eigenvalue weighted by Crippen LogP contribution is -2.08. The van der Waals surface area contributed by atoms with Crippen LogP contribution in [0.25, 0.3) is 0 Å². The average Bonchev–Trinajstić information content (AvgIpc) is 2.70. The van der Waals surface area contributed by atoms with E-state index in [1.54, 1.807) is 0 Å². The van der Waals surface area contributed by atoms with Crippen LogP contribution in [0.2, 0.25) is 0 Å². The monoisotopic (exact) mass is 258 g/mol. The second-order valence-corrected chi connectivity index (χ2v) is 4.24. The van der Waals surface area contributed by atoms with Crippen molar-refractivity contribution in [3.8, 4) is 0 Å². The Bertz CT molecular complexity index is 416. The van der Waals surface area contributed by atoms with Gasteiger partial charge < -0.3 is 15.2 Å². The summed E-state index contributed by atoms with van der Waals surface area (Å²) in [5, 5.41) is 0.221. The first-order valence-electron chi connectivity index (χ1n) is 5.11. The second-order valence-electron chi connectivity index (χ2n) is 3.21. The lowest BCUT2D eigenvalue weighted by atomic mass is 10.4. The van der Waals surface area contributed by atoms with Crippen molar-refractivity contribution in [1.82, 2.24) is 4.98 Å². The van der Waals surface area contributed by atoms with Crippen molar-refractivity contribution >= 4 is 28.3 Å².